The lowest BCUT2D eigenvalue weighted by molar-refractivity contribution is 0.212. The minimum Gasteiger partial charge on any atom is -0.300 e. The molecule has 1 aliphatic rings. The molecule has 0 aliphatic heterocycles. The summed E-state index contributed by atoms with van der Waals surface area (Å²) < 4.78 is 0. The van der Waals surface area contributed by atoms with Gasteiger partial charge >= 0.3 is 0 Å². The van der Waals surface area contributed by atoms with Crippen molar-refractivity contribution in [2.75, 3.05) is 13.1 Å². The minimum absolute atomic E-state index is 0.681. The van der Waals surface area contributed by atoms with Crippen molar-refractivity contribution < 1.29 is 0 Å². The fourth-order valence-corrected chi connectivity index (χ4v) is 3.42. The Balaban J connectivity index is 2.05. The summed E-state index contributed by atoms with van der Waals surface area (Å²) in [6.45, 7) is 6.84. The minimum atomic E-state index is 0.681. The van der Waals surface area contributed by atoms with E-state index in [9.17, 15) is 0 Å². The van der Waals surface area contributed by atoms with Crippen molar-refractivity contribution in [2.24, 2.45) is 0 Å². The number of nitrogens with zero attached hydrogens (tertiary/aromatic N) is 1. The van der Waals surface area contributed by atoms with Gasteiger partial charge in [0.25, 0.3) is 0 Å². The van der Waals surface area contributed by atoms with Crippen LogP contribution in [0.25, 0.3) is 10.8 Å². The van der Waals surface area contributed by atoms with E-state index in [1.54, 1.807) is 0 Å². The lowest BCUT2D eigenvalue weighted by Gasteiger charge is -2.33. The van der Waals surface area contributed by atoms with Crippen molar-refractivity contribution in [2.45, 2.75) is 32.7 Å². The first kappa shape index (κ1) is 11.7. The Morgan fingerprint density at radius 2 is 1.50 bits per heavy atom. The lowest BCUT2D eigenvalue weighted by Crippen LogP contribution is -2.39. The SMILES string of the molecule is CCN(CC)C1Cc2cccc3cccc(c23)C1. The van der Waals surface area contributed by atoms with E-state index in [0.717, 1.165) is 13.1 Å². The topological polar surface area (TPSA) is 3.24 Å². The third-order valence-electron chi connectivity index (χ3n) is 4.32. The maximum atomic E-state index is 2.59. The molecule has 0 amide bonds. The van der Waals surface area contributed by atoms with Crippen LogP contribution in [0.5, 0.6) is 0 Å². The third-order valence-corrected chi connectivity index (χ3v) is 4.32. The molecular weight excluding hydrogens is 218 g/mol. The highest BCUT2D eigenvalue weighted by Gasteiger charge is 2.23. The molecular formula is C17H21N. The largest absolute Gasteiger partial charge is 0.300 e. The predicted octanol–water partition coefficient (Wildman–Crippen LogP) is 3.65. The van der Waals surface area contributed by atoms with Gasteiger partial charge in [0.05, 0.1) is 0 Å². The fourth-order valence-electron chi connectivity index (χ4n) is 3.42. The van der Waals surface area contributed by atoms with Gasteiger partial charge in [-0.3, -0.25) is 0 Å². The van der Waals surface area contributed by atoms with Gasteiger partial charge in [0.1, 0.15) is 0 Å². The molecule has 0 heterocycles. The van der Waals surface area contributed by atoms with Crippen molar-refractivity contribution in [1.29, 1.82) is 0 Å². The first-order chi connectivity index (χ1) is 8.83. The normalized spacial score (nSPS) is 15.5. The standard InChI is InChI=1S/C17H21N/c1-3-18(4-2)16-11-14-9-5-7-13-8-6-10-15(12-16)17(13)14/h5-10,16H,3-4,11-12H2,1-2H3. The van der Waals surface area contributed by atoms with Crippen LogP contribution in [0.15, 0.2) is 36.4 Å². The maximum absolute atomic E-state index is 2.59. The van der Waals surface area contributed by atoms with Crippen LogP contribution in [0, 0.1) is 0 Å². The zero-order valence-corrected chi connectivity index (χ0v) is 11.3. The van der Waals surface area contributed by atoms with E-state index in [2.05, 4.69) is 55.1 Å². The average Bonchev–Trinajstić information content (AvgIpc) is 2.41. The molecule has 2 aromatic carbocycles. The Hall–Kier alpha value is -1.34. The highest BCUT2D eigenvalue weighted by atomic mass is 15.1. The van der Waals surface area contributed by atoms with Gasteiger partial charge in [-0.1, -0.05) is 50.2 Å². The second kappa shape index (κ2) is 4.74. The van der Waals surface area contributed by atoms with Crippen molar-refractivity contribution >= 4 is 10.8 Å². The van der Waals surface area contributed by atoms with E-state index >= 15 is 0 Å². The number of rotatable bonds is 3. The molecule has 0 saturated carbocycles. The molecule has 0 N–H and O–H groups in total. The predicted molar refractivity (Wildman–Crippen MR) is 78.1 cm³/mol. The second-order valence-corrected chi connectivity index (χ2v) is 5.22. The molecule has 94 valence electrons. The van der Waals surface area contributed by atoms with Gasteiger partial charge in [0, 0.05) is 6.04 Å². The monoisotopic (exact) mass is 239 g/mol. The van der Waals surface area contributed by atoms with Gasteiger partial charge in [-0.2, -0.15) is 0 Å². The third kappa shape index (κ3) is 1.83. The van der Waals surface area contributed by atoms with E-state index < -0.39 is 0 Å². The number of hydrogen-bond donors (Lipinski definition) is 0. The molecule has 0 aromatic heterocycles. The van der Waals surface area contributed by atoms with E-state index in [1.807, 2.05) is 0 Å². The van der Waals surface area contributed by atoms with Crippen molar-refractivity contribution in [1.82, 2.24) is 4.90 Å². The van der Waals surface area contributed by atoms with E-state index in [-0.39, 0.29) is 0 Å². The van der Waals surface area contributed by atoms with Crippen LogP contribution in [0.3, 0.4) is 0 Å². The van der Waals surface area contributed by atoms with Crippen LogP contribution in [0.2, 0.25) is 0 Å². The smallest absolute Gasteiger partial charge is 0.0176 e. The molecule has 1 aliphatic carbocycles. The average molecular weight is 239 g/mol. The van der Waals surface area contributed by atoms with Crippen LogP contribution in [0.1, 0.15) is 25.0 Å². The molecule has 18 heavy (non-hydrogen) atoms. The van der Waals surface area contributed by atoms with Gasteiger partial charge in [-0.05, 0) is 47.8 Å². The van der Waals surface area contributed by atoms with Crippen LogP contribution >= 0.6 is 0 Å². The molecule has 0 bridgehead atoms. The van der Waals surface area contributed by atoms with Gasteiger partial charge in [-0.15, -0.1) is 0 Å². The zero-order chi connectivity index (χ0) is 12.5. The summed E-state index contributed by atoms with van der Waals surface area (Å²) in [6, 6.07) is 14.2. The molecule has 0 saturated heterocycles. The van der Waals surface area contributed by atoms with Gasteiger partial charge < -0.3 is 4.90 Å². The van der Waals surface area contributed by atoms with Crippen molar-refractivity contribution in [3.05, 3.63) is 47.5 Å². The summed E-state index contributed by atoms with van der Waals surface area (Å²) in [5.74, 6) is 0. The fraction of sp³-hybridized carbons (Fsp3) is 0.412. The van der Waals surface area contributed by atoms with Crippen LogP contribution in [0.4, 0.5) is 0 Å². The Labute approximate surface area is 109 Å². The Morgan fingerprint density at radius 3 is 2.00 bits per heavy atom. The molecule has 3 rings (SSSR count). The first-order valence-corrected chi connectivity index (χ1v) is 7.07. The first-order valence-electron chi connectivity index (χ1n) is 7.07. The second-order valence-electron chi connectivity index (χ2n) is 5.22. The van der Waals surface area contributed by atoms with Crippen molar-refractivity contribution in [3.63, 3.8) is 0 Å². The number of hydrogen-bond acceptors (Lipinski definition) is 1. The lowest BCUT2D eigenvalue weighted by atomic mass is 9.85. The molecule has 1 nitrogen and oxygen atoms in total. The van der Waals surface area contributed by atoms with E-state index in [4.69, 9.17) is 0 Å². The van der Waals surface area contributed by atoms with Gasteiger partial charge in [0.15, 0.2) is 0 Å². The van der Waals surface area contributed by atoms with Crippen LogP contribution in [-0.2, 0) is 12.8 Å². The molecule has 0 radical (unpaired) electrons. The van der Waals surface area contributed by atoms with Gasteiger partial charge in [0.2, 0.25) is 0 Å². The highest BCUT2D eigenvalue weighted by Crippen LogP contribution is 2.31. The maximum Gasteiger partial charge on any atom is 0.0176 e. The Bertz CT molecular complexity index is 514. The Kier molecular flexibility index (Phi) is 3.09. The summed E-state index contributed by atoms with van der Waals surface area (Å²) in [4.78, 5) is 2.59. The quantitative estimate of drug-likeness (QED) is 0.790. The molecule has 0 atom stereocenters. The summed E-state index contributed by atoms with van der Waals surface area (Å²) >= 11 is 0. The van der Waals surface area contributed by atoms with Gasteiger partial charge in [-0.25, -0.2) is 0 Å². The molecule has 1 heteroatoms. The van der Waals surface area contributed by atoms with Crippen molar-refractivity contribution in [3.8, 4) is 0 Å². The molecule has 0 unspecified atom stereocenters. The zero-order valence-electron chi connectivity index (χ0n) is 11.3. The molecule has 0 spiro atoms. The summed E-state index contributed by atoms with van der Waals surface area (Å²) in [6.07, 6.45) is 2.41. The molecule has 0 fully saturated rings. The van der Waals surface area contributed by atoms with E-state index in [1.165, 1.54) is 34.7 Å². The summed E-state index contributed by atoms with van der Waals surface area (Å²) in [5.41, 5.74) is 3.07. The summed E-state index contributed by atoms with van der Waals surface area (Å²) in [5, 5.41) is 2.92. The van der Waals surface area contributed by atoms with Crippen LogP contribution in [-0.4, -0.2) is 24.0 Å². The van der Waals surface area contributed by atoms with Crippen LogP contribution < -0.4 is 0 Å². The summed E-state index contributed by atoms with van der Waals surface area (Å²) in [7, 11) is 0. The highest BCUT2D eigenvalue weighted by molar-refractivity contribution is 5.89. The number of benzene rings is 2. The number of likely N-dealkylation sites (N-methyl/N-ethyl adjacent to an activating group) is 1. The van der Waals surface area contributed by atoms with E-state index in [0.29, 0.717) is 6.04 Å². The Morgan fingerprint density at radius 1 is 0.944 bits per heavy atom. The molecule has 2 aromatic rings.